The van der Waals surface area contributed by atoms with Gasteiger partial charge in [0.2, 0.25) is 5.91 Å². The van der Waals surface area contributed by atoms with Gasteiger partial charge in [-0.05, 0) is 42.7 Å². The largest absolute Gasteiger partial charge is 0.504 e. The molecule has 5 nitrogen and oxygen atoms in total. The van der Waals surface area contributed by atoms with Gasteiger partial charge in [-0.2, -0.15) is 0 Å². The summed E-state index contributed by atoms with van der Waals surface area (Å²) in [6.07, 6.45) is 0.189. The quantitative estimate of drug-likeness (QED) is 0.895. The lowest BCUT2D eigenvalue weighted by molar-refractivity contribution is -0.135. The Bertz CT molecular complexity index is 875. The second kappa shape index (κ2) is 7.82. The van der Waals surface area contributed by atoms with Crippen molar-refractivity contribution in [3.63, 3.8) is 0 Å². The Morgan fingerprint density at radius 1 is 1.26 bits per heavy atom. The van der Waals surface area contributed by atoms with Gasteiger partial charge in [0.15, 0.2) is 11.5 Å². The number of ether oxygens (including phenoxy) is 1. The zero-order chi connectivity index (χ0) is 19.6. The van der Waals surface area contributed by atoms with E-state index >= 15 is 0 Å². The van der Waals surface area contributed by atoms with Crippen molar-refractivity contribution in [1.82, 2.24) is 4.90 Å². The summed E-state index contributed by atoms with van der Waals surface area (Å²) in [6.45, 7) is 6.39. The minimum absolute atomic E-state index is 0.00862. The minimum Gasteiger partial charge on any atom is -0.504 e. The standard InChI is InChI=1S/C22H25NO4/c1-14-6-4-5-7-19(14)17-11-18-13-23(21(26)10-15(2)16(3)24)8-9-27-22(18)20(25)12-17/h4-7,11-12,15,25H,8-10,13H2,1-3H3/t15-/m0/s1. The van der Waals surface area contributed by atoms with Crippen molar-refractivity contribution in [2.75, 3.05) is 13.2 Å². The van der Waals surface area contributed by atoms with Crippen LogP contribution >= 0.6 is 0 Å². The molecule has 0 radical (unpaired) electrons. The highest BCUT2D eigenvalue weighted by atomic mass is 16.5. The van der Waals surface area contributed by atoms with Crippen molar-refractivity contribution in [1.29, 1.82) is 0 Å². The van der Waals surface area contributed by atoms with Gasteiger partial charge in [0.1, 0.15) is 12.4 Å². The highest BCUT2D eigenvalue weighted by Crippen LogP contribution is 2.38. The lowest BCUT2D eigenvalue weighted by Gasteiger charge is -2.21. The zero-order valence-corrected chi connectivity index (χ0v) is 16.0. The van der Waals surface area contributed by atoms with Crippen LogP contribution in [0.2, 0.25) is 0 Å². The Balaban J connectivity index is 1.91. The molecule has 0 aromatic heterocycles. The molecule has 2 aromatic rings. The summed E-state index contributed by atoms with van der Waals surface area (Å²) in [5, 5.41) is 10.5. The second-order valence-electron chi connectivity index (χ2n) is 7.18. The molecule has 1 aliphatic heterocycles. The summed E-state index contributed by atoms with van der Waals surface area (Å²) in [6, 6.07) is 11.6. The molecule has 142 valence electrons. The Morgan fingerprint density at radius 2 is 2.00 bits per heavy atom. The van der Waals surface area contributed by atoms with Crippen molar-refractivity contribution >= 4 is 11.7 Å². The number of Topliss-reactive ketones (excluding diaryl/α,β-unsaturated/α-hetero) is 1. The summed E-state index contributed by atoms with van der Waals surface area (Å²) in [5.41, 5.74) is 3.80. The average Bonchev–Trinajstić information content (AvgIpc) is 2.84. The number of carbonyl (C=O) groups is 2. The topological polar surface area (TPSA) is 66.8 Å². The molecule has 0 spiro atoms. The number of hydrogen-bond acceptors (Lipinski definition) is 4. The summed E-state index contributed by atoms with van der Waals surface area (Å²) in [4.78, 5) is 25.8. The number of nitrogens with zero attached hydrogens (tertiary/aromatic N) is 1. The van der Waals surface area contributed by atoms with E-state index in [0.717, 1.165) is 22.3 Å². The first-order chi connectivity index (χ1) is 12.9. The zero-order valence-electron chi connectivity index (χ0n) is 16.0. The average molecular weight is 367 g/mol. The molecule has 3 rings (SSSR count). The van der Waals surface area contributed by atoms with Gasteiger partial charge in [0.25, 0.3) is 0 Å². The predicted molar refractivity (Wildman–Crippen MR) is 104 cm³/mol. The molecular formula is C22H25NO4. The number of benzene rings is 2. The molecule has 0 saturated heterocycles. The van der Waals surface area contributed by atoms with E-state index in [1.54, 1.807) is 17.9 Å². The Kier molecular flexibility index (Phi) is 5.49. The Labute approximate surface area is 159 Å². The van der Waals surface area contributed by atoms with Gasteiger partial charge in [-0.1, -0.05) is 31.2 Å². The highest BCUT2D eigenvalue weighted by Gasteiger charge is 2.25. The number of ketones is 1. The van der Waals surface area contributed by atoms with Crippen molar-refractivity contribution in [3.05, 3.63) is 47.5 Å². The minimum atomic E-state index is -0.298. The number of hydrogen-bond donors (Lipinski definition) is 1. The van der Waals surface area contributed by atoms with Crippen LogP contribution in [0.15, 0.2) is 36.4 Å². The van der Waals surface area contributed by atoms with E-state index in [0.29, 0.717) is 25.4 Å². The number of phenolic OH excluding ortho intramolecular Hbond substituents is 1. The predicted octanol–water partition coefficient (Wildman–Crippen LogP) is 3.70. The van der Waals surface area contributed by atoms with Crippen LogP contribution in [-0.4, -0.2) is 34.8 Å². The number of amides is 1. The molecule has 5 heteroatoms. The van der Waals surface area contributed by atoms with E-state index in [2.05, 4.69) is 0 Å². The van der Waals surface area contributed by atoms with Gasteiger partial charge in [-0.3, -0.25) is 9.59 Å². The van der Waals surface area contributed by atoms with E-state index in [1.807, 2.05) is 37.3 Å². The van der Waals surface area contributed by atoms with Crippen molar-refractivity contribution < 1.29 is 19.4 Å². The van der Waals surface area contributed by atoms with Gasteiger partial charge >= 0.3 is 0 Å². The number of fused-ring (bicyclic) bond motifs is 1. The summed E-state index contributed by atoms with van der Waals surface area (Å²) < 4.78 is 5.72. The number of aromatic hydroxyl groups is 1. The van der Waals surface area contributed by atoms with Crippen LogP contribution in [0.3, 0.4) is 0 Å². The molecule has 0 aliphatic carbocycles. The molecule has 2 aromatic carbocycles. The third kappa shape index (κ3) is 4.13. The van der Waals surface area contributed by atoms with Crippen LogP contribution in [0.4, 0.5) is 0 Å². The lowest BCUT2D eigenvalue weighted by Crippen LogP contribution is -2.34. The van der Waals surface area contributed by atoms with Crippen molar-refractivity contribution in [3.8, 4) is 22.6 Å². The third-order valence-corrected chi connectivity index (χ3v) is 5.10. The second-order valence-corrected chi connectivity index (χ2v) is 7.18. The first-order valence-corrected chi connectivity index (χ1v) is 9.19. The van der Waals surface area contributed by atoms with E-state index in [9.17, 15) is 14.7 Å². The number of phenols is 1. The lowest BCUT2D eigenvalue weighted by atomic mass is 9.97. The fraction of sp³-hybridized carbons (Fsp3) is 0.364. The monoisotopic (exact) mass is 367 g/mol. The first-order valence-electron chi connectivity index (χ1n) is 9.19. The van der Waals surface area contributed by atoms with Gasteiger partial charge in [0.05, 0.1) is 6.54 Å². The number of carbonyl (C=O) groups excluding carboxylic acids is 2. The van der Waals surface area contributed by atoms with E-state index in [-0.39, 0.29) is 29.8 Å². The Hall–Kier alpha value is -2.82. The van der Waals surface area contributed by atoms with Crippen LogP contribution in [-0.2, 0) is 16.1 Å². The molecule has 1 atom stereocenters. The maximum absolute atomic E-state index is 12.6. The molecule has 0 bridgehead atoms. The van der Waals surface area contributed by atoms with Gasteiger partial charge in [0, 0.05) is 24.4 Å². The molecule has 1 heterocycles. The van der Waals surface area contributed by atoms with Gasteiger partial charge in [-0.15, -0.1) is 0 Å². The van der Waals surface area contributed by atoms with E-state index in [4.69, 9.17) is 4.74 Å². The fourth-order valence-corrected chi connectivity index (χ4v) is 3.30. The van der Waals surface area contributed by atoms with Gasteiger partial charge in [-0.25, -0.2) is 0 Å². The van der Waals surface area contributed by atoms with E-state index in [1.165, 1.54) is 6.92 Å². The van der Waals surface area contributed by atoms with E-state index < -0.39 is 0 Å². The van der Waals surface area contributed by atoms with Crippen molar-refractivity contribution in [2.24, 2.45) is 5.92 Å². The van der Waals surface area contributed by atoms with Crippen molar-refractivity contribution in [2.45, 2.75) is 33.7 Å². The van der Waals surface area contributed by atoms with Crippen LogP contribution in [0, 0.1) is 12.8 Å². The van der Waals surface area contributed by atoms with Crippen LogP contribution in [0.1, 0.15) is 31.4 Å². The highest BCUT2D eigenvalue weighted by molar-refractivity contribution is 5.85. The fourth-order valence-electron chi connectivity index (χ4n) is 3.30. The van der Waals surface area contributed by atoms with Crippen LogP contribution < -0.4 is 4.74 Å². The molecule has 1 amide bonds. The molecule has 0 unspecified atom stereocenters. The maximum Gasteiger partial charge on any atom is 0.223 e. The molecular weight excluding hydrogens is 342 g/mol. The number of aryl methyl sites for hydroxylation is 1. The molecule has 1 N–H and O–H groups in total. The molecule has 1 aliphatic rings. The third-order valence-electron chi connectivity index (χ3n) is 5.10. The Morgan fingerprint density at radius 3 is 2.70 bits per heavy atom. The molecule has 0 saturated carbocycles. The van der Waals surface area contributed by atoms with Crippen LogP contribution in [0.25, 0.3) is 11.1 Å². The molecule has 0 fully saturated rings. The maximum atomic E-state index is 12.6. The molecule has 27 heavy (non-hydrogen) atoms. The summed E-state index contributed by atoms with van der Waals surface area (Å²) in [5.74, 6) is 0.150. The summed E-state index contributed by atoms with van der Waals surface area (Å²) >= 11 is 0. The number of rotatable bonds is 4. The van der Waals surface area contributed by atoms with Crippen LogP contribution in [0.5, 0.6) is 11.5 Å². The normalized spacial score (nSPS) is 14.7. The van der Waals surface area contributed by atoms with Gasteiger partial charge < -0.3 is 14.7 Å². The summed E-state index contributed by atoms with van der Waals surface area (Å²) in [7, 11) is 0. The first kappa shape index (κ1) is 19.0. The SMILES string of the molecule is CC(=O)[C@@H](C)CC(=O)N1CCOc2c(O)cc(-c3ccccc3C)cc2C1. The smallest absolute Gasteiger partial charge is 0.223 e.